The molecule has 0 unspecified atom stereocenters. The first kappa shape index (κ1) is 21.9. The van der Waals surface area contributed by atoms with Gasteiger partial charge in [-0.05, 0) is 59.5 Å². The molecule has 1 fully saturated rings. The fourth-order valence-electron chi connectivity index (χ4n) is 4.33. The van der Waals surface area contributed by atoms with Crippen LogP contribution >= 0.6 is 11.6 Å². The fraction of sp³-hybridized carbons (Fsp3) is 0.240. The summed E-state index contributed by atoms with van der Waals surface area (Å²) < 4.78 is 33.2. The van der Waals surface area contributed by atoms with Crippen molar-refractivity contribution in [2.75, 3.05) is 37.2 Å². The quantitative estimate of drug-likeness (QED) is 0.558. The summed E-state index contributed by atoms with van der Waals surface area (Å²) in [4.78, 5) is 14.6. The maximum Gasteiger partial charge on any atom is 0.265 e. The van der Waals surface area contributed by atoms with E-state index in [0.29, 0.717) is 50.5 Å². The lowest BCUT2D eigenvalue weighted by atomic mass is 10.0. The van der Waals surface area contributed by atoms with E-state index in [2.05, 4.69) is 0 Å². The molecule has 170 valence electrons. The lowest BCUT2D eigenvalue weighted by Gasteiger charge is -2.26. The number of anilines is 1. The molecule has 0 atom stereocenters. The largest absolute Gasteiger partial charge is 0.378 e. The van der Waals surface area contributed by atoms with Crippen molar-refractivity contribution in [3.8, 4) is 11.1 Å². The Hall–Kier alpha value is -2.87. The zero-order valence-electron chi connectivity index (χ0n) is 17.9. The predicted octanol–water partition coefficient (Wildman–Crippen LogP) is 4.23. The highest BCUT2D eigenvalue weighted by molar-refractivity contribution is 7.93. The Morgan fingerprint density at radius 1 is 0.879 bits per heavy atom. The average Bonchev–Trinajstić information content (AvgIpc) is 3.29. The topological polar surface area (TPSA) is 66.9 Å². The van der Waals surface area contributed by atoms with Crippen molar-refractivity contribution in [2.24, 2.45) is 0 Å². The first-order valence-corrected chi connectivity index (χ1v) is 12.6. The molecule has 2 aliphatic heterocycles. The molecule has 1 saturated heterocycles. The van der Waals surface area contributed by atoms with Gasteiger partial charge in [-0.15, -0.1) is 0 Å². The van der Waals surface area contributed by atoms with Crippen molar-refractivity contribution in [3.63, 3.8) is 0 Å². The third kappa shape index (κ3) is 4.12. The standard InChI is InChI=1S/C25H23ClN2O4S/c26-22-3-1-2-4-24(22)33(30,31)28-12-11-21-17-20(9-10-23(21)28)18-5-7-19(8-6-18)25(29)27-13-15-32-16-14-27/h1-10,17H,11-16H2. The van der Waals surface area contributed by atoms with Gasteiger partial charge in [0.25, 0.3) is 15.9 Å². The Bertz CT molecular complexity index is 1300. The molecule has 3 aromatic rings. The second kappa shape index (κ2) is 8.82. The molecule has 3 aromatic carbocycles. The Kier molecular flexibility index (Phi) is 5.86. The van der Waals surface area contributed by atoms with Gasteiger partial charge in [-0.2, -0.15) is 0 Å². The number of carbonyl (C=O) groups is 1. The molecular weight excluding hydrogens is 460 g/mol. The monoisotopic (exact) mass is 482 g/mol. The van der Waals surface area contributed by atoms with Gasteiger partial charge in [0, 0.05) is 25.2 Å². The number of halogens is 1. The molecule has 0 radical (unpaired) electrons. The number of nitrogens with zero attached hydrogens (tertiary/aromatic N) is 2. The van der Waals surface area contributed by atoms with E-state index in [0.717, 1.165) is 16.7 Å². The normalized spacial score (nSPS) is 16.0. The zero-order valence-corrected chi connectivity index (χ0v) is 19.5. The lowest BCUT2D eigenvalue weighted by molar-refractivity contribution is 0.0303. The van der Waals surface area contributed by atoms with Gasteiger partial charge in [0.05, 0.1) is 23.9 Å². The van der Waals surface area contributed by atoms with Crippen LogP contribution in [0.1, 0.15) is 15.9 Å². The second-order valence-electron chi connectivity index (χ2n) is 8.08. The minimum atomic E-state index is -3.74. The molecule has 0 saturated carbocycles. The highest BCUT2D eigenvalue weighted by Crippen LogP contribution is 2.37. The van der Waals surface area contributed by atoms with E-state index in [1.54, 1.807) is 18.2 Å². The number of morpholine rings is 1. The van der Waals surface area contributed by atoms with Gasteiger partial charge in [0.1, 0.15) is 4.90 Å². The Labute approximate surface area is 198 Å². The van der Waals surface area contributed by atoms with E-state index >= 15 is 0 Å². The summed E-state index contributed by atoms with van der Waals surface area (Å²) in [6, 6.07) is 19.8. The van der Waals surface area contributed by atoms with Crippen LogP contribution in [0.15, 0.2) is 71.6 Å². The summed E-state index contributed by atoms with van der Waals surface area (Å²) >= 11 is 6.17. The van der Waals surface area contributed by atoms with E-state index in [1.165, 1.54) is 10.4 Å². The van der Waals surface area contributed by atoms with Crippen molar-refractivity contribution in [2.45, 2.75) is 11.3 Å². The summed E-state index contributed by atoms with van der Waals surface area (Å²) in [5, 5.41) is 0.217. The van der Waals surface area contributed by atoms with Gasteiger partial charge in [0.15, 0.2) is 0 Å². The molecule has 0 aliphatic carbocycles. The van der Waals surface area contributed by atoms with Gasteiger partial charge in [0.2, 0.25) is 0 Å². The fourth-order valence-corrected chi connectivity index (χ4v) is 6.33. The summed E-state index contributed by atoms with van der Waals surface area (Å²) in [6.07, 6.45) is 0.625. The first-order valence-electron chi connectivity index (χ1n) is 10.8. The van der Waals surface area contributed by atoms with E-state index in [-0.39, 0.29) is 15.8 Å². The summed E-state index contributed by atoms with van der Waals surface area (Å²) in [7, 11) is -3.74. The molecule has 0 bridgehead atoms. The molecule has 8 heteroatoms. The second-order valence-corrected chi connectivity index (χ2v) is 10.3. The number of hydrogen-bond donors (Lipinski definition) is 0. The molecule has 2 aliphatic rings. The molecular formula is C25H23ClN2O4S. The number of hydrogen-bond acceptors (Lipinski definition) is 4. The number of carbonyl (C=O) groups excluding carboxylic acids is 1. The lowest BCUT2D eigenvalue weighted by Crippen LogP contribution is -2.40. The molecule has 0 aromatic heterocycles. The third-order valence-corrected chi connectivity index (χ3v) is 8.41. The number of rotatable bonds is 4. The van der Waals surface area contributed by atoms with Gasteiger partial charge >= 0.3 is 0 Å². The number of amides is 1. The predicted molar refractivity (Wildman–Crippen MR) is 128 cm³/mol. The highest BCUT2D eigenvalue weighted by Gasteiger charge is 2.32. The molecule has 2 heterocycles. The highest BCUT2D eigenvalue weighted by atomic mass is 35.5. The first-order chi connectivity index (χ1) is 15.9. The minimum Gasteiger partial charge on any atom is -0.378 e. The van der Waals surface area contributed by atoms with Crippen LogP contribution in [0.5, 0.6) is 0 Å². The molecule has 1 amide bonds. The summed E-state index contributed by atoms with van der Waals surface area (Å²) in [5.41, 5.74) is 4.26. The van der Waals surface area contributed by atoms with Gasteiger partial charge in [-0.3, -0.25) is 9.10 Å². The molecule has 6 nitrogen and oxygen atoms in total. The van der Waals surface area contributed by atoms with Gasteiger partial charge < -0.3 is 9.64 Å². The van der Waals surface area contributed by atoms with E-state index in [1.807, 2.05) is 47.4 Å². The summed E-state index contributed by atoms with van der Waals surface area (Å²) in [5.74, 6) is 0.0132. The van der Waals surface area contributed by atoms with Crippen molar-refractivity contribution in [3.05, 3.63) is 82.9 Å². The molecule has 0 spiro atoms. The summed E-state index contributed by atoms with van der Waals surface area (Å²) in [6.45, 7) is 2.74. The smallest absolute Gasteiger partial charge is 0.265 e. The maximum atomic E-state index is 13.2. The Morgan fingerprint density at radius 2 is 1.58 bits per heavy atom. The van der Waals surface area contributed by atoms with Crippen molar-refractivity contribution in [1.82, 2.24) is 4.90 Å². The number of fused-ring (bicyclic) bond motifs is 1. The Balaban J connectivity index is 1.38. The van der Waals surface area contributed by atoms with Crippen LogP contribution in [0.4, 0.5) is 5.69 Å². The van der Waals surface area contributed by atoms with E-state index in [9.17, 15) is 13.2 Å². The zero-order chi connectivity index (χ0) is 23.0. The van der Waals surface area contributed by atoms with Crippen LogP contribution in [0.2, 0.25) is 5.02 Å². The molecule has 0 N–H and O–H groups in total. The maximum absolute atomic E-state index is 13.2. The number of benzene rings is 3. The van der Waals surface area contributed by atoms with Crippen LogP contribution in [0.3, 0.4) is 0 Å². The molecule has 33 heavy (non-hydrogen) atoms. The van der Waals surface area contributed by atoms with Crippen LogP contribution in [-0.4, -0.2) is 52.1 Å². The number of sulfonamides is 1. The SMILES string of the molecule is O=C(c1ccc(-c2ccc3c(c2)CCN3S(=O)(=O)c2ccccc2Cl)cc1)N1CCOCC1. The average molecular weight is 483 g/mol. The van der Waals surface area contributed by atoms with E-state index in [4.69, 9.17) is 16.3 Å². The van der Waals surface area contributed by atoms with Crippen LogP contribution in [0, 0.1) is 0 Å². The van der Waals surface area contributed by atoms with Crippen LogP contribution in [-0.2, 0) is 21.2 Å². The van der Waals surface area contributed by atoms with Crippen LogP contribution < -0.4 is 4.31 Å². The van der Waals surface area contributed by atoms with Crippen molar-refractivity contribution >= 4 is 33.2 Å². The van der Waals surface area contributed by atoms with Crippen LogP contribution in [0.25, 0.3) is 11.1 Å². The van der Waals surface area contributed by atoms with Crippen molar-refractivity contribution < 1.29 is 17.9 Å². The third-order valence-electron chi connectivity index (χ3n) is 6.10. The van der Waals surface area contributed by atoms with E-state index < -0.39 is 10.0 Å². The number of ether oxygens (including phenoxy) is 1. The van der Waals surface area contributed by atoms with Gasteiger partial charge in [-0.25, -0.2) is 8.42 Å². The Morgan fingerprint density at radius 3 is 2.30 bits per heavy atom. The van der Waals surface area contributed by atoms with Gasteiger partial charge in [-0.1, -0.05) is 41.9 Å². The van der Waals surface area contributed by atoms with Crippen molar-refractivity contribution in [1.29, 1.82) is 0 Å². The molecule has 5 rings (SSSR count). The minimum absolute atomic E-state index is 0.0132.